The van der Waals surface area contributed by atoms with Crippen LogP contribution in [-0.2, 0) is 24.3 Å². The predicted octanol–water partition coefficient (Wildman–Crippen LogP) is 4.17. The smallest absolute Gasteiger partial charge is 0.321 e. The molecule has 0 atom stereocenters. The maximum absolute atomic E-state index is 12.0. The number of ether oxygens (including phenoxy) is 1. The van der Waals surface area contributed by atoms with Gasteiger partial charge in [-0.15, -0.1) is 0 Å². The number of benzene rings is 3. The van der Waals surface area contributed by atoms with Crippen molar-refractivity contribution in [1.82, 2.24) is 4.72 Å². The van der Waals surface area contributed by atoms with Gasteiger partial charge in [0.1, 0.15) is 6.54 Å². The van der Waals surface area contributed by atoms with E-state index in [9.17, 15) is 18.0 Å². The van der Waals surface area contributed by atoms with Gasteiger partial charge in [-0.3, -0.25) is 9.59 Å². The fraction of sp³-hybridized carbons (Fsp3) is 0.0833. The second-order valence-corrected chi connectivity index (χ2v) is 8.52. The SMILES string of the molecule is O=C(COC(=O)CNS(=O)(=O)/C=C/c1ccccc1)Nc1ccc(N=Nc2ccccc2)cc1. The standard InChI is InChI=1S/C24H22N4O5S/c29-23(26-20-11-13-22(14-12-20)28-27-21-9-5-2-6-10-21)18-33-24(30)17-25-34(31,32)16-15-19-7-3-1-4-8-19/h1-16,25H,17-18H2,(H,26,29)/b16-15+,28-27?. The second kappa shape index (κ2) is 12.2. The van der Waals surface area contributed by atoms with Gasteiger partial charge >= 0.3 is 5.97 Å². The number of hydrogen-bond donors (Lipinski definition) is 2. The van der Waals surface area contributed by atoms with Gasteiger partial charge in [-0.05, 0) is 48.0 Å². The number of amides is 1. The van der Waals surface area contributed by atoms with E-state index in [-0.39, 0.29) is 0 Å². The lowest BCUT2D eigenvalue weighted by Gasteiger charge is -2.07. The zero-order valence-corrected chi connectivity index (χ0v) is 18.8. The van der Waals surface area contributed by atoms with E-state index in [2.05, 4.69) is 20.3 Å². The van der Waals surface area contributed by atoms with Gasteiger partial charge < -0.3 is 10.1 Å². The number of azo groups is 1. The summed E-state index contributed by atoms with van der Waals surface area (Å²) in [6.07, 6.45) is 1.40. The first-order valence-electron chi connectivity index (χ1n) is 10.1. The molecule has 0 aliphatic heterocycles. The largest absolute Gasteiger partial charge is 0.455 e. The number of carbonyl (C=O) groups is 2. The molecule has 1 amide bonds. The first-order chi connectivity index (χ1) is 16.4. The van der Waals surface area contributed by atoms with E-state index in [0.717, 1.165) is 11.1 Å². The minimum Gasteiger partial charge on any atom is -0.455 e. The van der Waals surface area contributed by atoms with Crippen LogP contribution in [0.2, 0.25) is 0 Å². The molecule has 0 fully saturated rings. The molecule has 0 aliphatic carbocycles. The topological polar surface area (TPSA) is 126 Å². The van der Waals surface area contributed by atoms with Gasteiger partial charge in [0.15, 0.2) is 6.61 Å². The Kier molecular flexibility index (Phi) is 8.78. The van der Waals surface area contributed by atoms with E-state index in [1.165, 1.54) is 6.08 Å². The highest BCUT2D eigenvalue weighted by atomic mass is 32.2. The van der Waals surface area contributed by atoms with Crippen molar-refractivity contribution < 1.29 is 22.7 Å². The highest BCUT2D eigenvalue weighted by Gasteiger charge is 2.12. The molecule has 0 aromatic heterocycles. The molecule has 0 radical (unpaired) electrons. The summed E-state index contributed by atoms with van der Waals surface area (Å²) >= 11 is 0. The normalized spacial score (nSPS) is 11.5. The number of esters is 1. The number of sulfonamides is 1. The van der Waals surface area contributed by atoms with Crippen molar-refractivity contribution >= 4 is 45.0 Å². The third kappa shape index (κ3) is 8.77. The molecule has 10 heteroatoms. The molecule has 0 heterocycles. The molecule has 2 N–H and O–H groups in total. The van der Waals surface area contributed by atoms with Crippen LogP contribution in [0.15, 0.2) is 101 Å². The summed E-state index contributed by atoms with van der Waals surface area (Å²) in [7, 11) is -3.84. The van der Waals surface area contributed by atoms with E-state index < -0.39 is 35.1 Å². The molecule has 0 spiro atoms. The average Bonchev–Trinajstić information content (AvgIpc) is 2.86. The van der Waals surface area contributed by atoms with E-state index in [1.807, 2.05) is 36.4 Å². The number of carbonyl (C=O) groups excluding carboxylic acids is 2. The highest BCUT2D eigenvalue weighted by molar-refractivity contribution is 7.92. The summed E-state index contributed by atoms with van der Waals surface area (Å²) in [5, 5.41) is 11.7. The third-order valence-electron chi connectivity index (χ3n) is 4.21. The Balaban J connectivity index is 1.40. The third-order valence-corrected chi connectivity index (χ3v) is 5.25. The van der Waals surface area contributed by atoms with Gasteiger partial charge in [0.25, 0.3) is 5.91 Å². The number of hydrogen-bond acceptors (Lipinski definition) is 7. The monoisotopic (exact) mass is 478 g/mol. The Labute approximate surface area is 197 Å². The fourth-order valence-electron chi connectivity index (χ4n) is 2.56. The lowest BCUT2D eigenvalue weighted by Crippen LogP contribution is -2.31. The Morgan fingerprint density at radius 2 is 1.41 bits per heavy atom. The van der Waals surface area contributed by atoms with Gasteiger partial charge in [-0.2, -0.15) is 10.2 Å². The summed E-state index contributed by atoms with van der Waals surface area (Å²) in [4.78, 5) is 23.8. The van der Waals surface area contributed by atoms with Gasteiger partial charge in [-0.25, -0.2) is 13.1 Å². The van der Waals surface area contributed by atoms with Crippen LogP contribution in [0.1, 0.15) is 5.56 Å². The van der Waals surface area contributed by atoms with E-state index in [0.29, 0.717) is 16.9 Å². The van der Waals surface area contributed by atoms with Crippen molar-refractivity contribution in [1.29, 1.82) is 0 Å². The summed E-state index contributed by atoms with van der Waals surface area (Å²) in [6.45, 7) is -1.16. The molecular weight excluding hydrogens is 456 g/mol. The lowest BCUT2D eigenvalue weighted by atomic mass is 10.2. The van der Waals surface area contributed by atoms with Crippen LogP contribution in [0.3, 0.4) is 0 Å². The molecule has 174 valence electrons. The fourth-order valence-corrected chi connectivity index (χ4v) is 3.31. The predicted molar refractivity (Wildman–Crippen MR) is 129 cm³/mol. The quantitative estimate of drug-likeness (QED) is 0.334. The summed E-state index contributed by atoms with van der Waals surface area (Å²) in [6, 6.07) is 24.7. The van der Waals surface area contributed by atoms with Crippen LogP contribution in [0, 0.1) is 0 Å². The van der Waals surface area contributed by atoms with Crippen molar-refractivity contribution in [2.75, 3.05) is 18.5 Å². The minimum absolute atomic E-state index is 0.478. The molecule has 9 nitrogen and oxygen atoms in total. The van der Waals surface area contributed by atoms with Crippen LogP contribution < -0.4 is 10.0 Å². The van der Waals surface area contributed by atoms with E-state index in [1.54, 1.807) is 48.5 Å². The summed E-state index contributed by atoms with van der Waals surface area (Å²) in [5.74, 6) is -1.46. The molecule has 0 aliphatic rings. The molecule has 0 saturated carbocycles. The Hall–Kier alpha value is -4.15. The van der Waals surface area contributed by atoms with Crippen molar-refractivity contribution in [2.24, 2.45) is 10.2 Å². The number of nitrogens with one attached hydrogen (secondary N) is 2. The Morgan fingerprint density at radius 1 is 0.824 bits per heavy atom. The molecular formula is C24H22N4O5S. The lowest BCUT2D eigenvalue weighted by molar-refractivity contribution is -0.146. The van der Waals surface area contributed by atoms with Gasteiger partial charge in [-0.1, -0.05) is 48.5 Å². The maximum Gasteiger partial charge on any atom is 0.321 e. The molecule has 3 aromatic rings. The molecule has 0 bridgehead atoms. The second-order valence-electron chi connectivity index (χ2n) is 6.87. The molecule has 0 unspecified atom stereocenters. The average molecular weight is 479 g/mol. The molecule has 34 heavy (non-hydrogen) atoms. The first kappa shape index (κ1) is 24.5. The van der Waals surface area contributed by atoms with Crippen molar-refractivity contribution in [2.45, 2.75) is 0 Å². The van der Waals surface area contributed by atoms with Crippen LogP contribution in [0.4, 0.5) is 17.1 Å². The Morgan fingerprint density at radius 3 is 2.06 bits per heavy atom. The summed E-state index contributed by atoms with van der Waals surface area (Å²) < 4.78 is 30.8. The van der Waals surface area contributed by atoms with Crippen LogP contribution in [0.25, 0.3) is 6.08 Å². The molecule has 3 rings (SSSR count). The highest BCUT2D eigenvalue weighted by Crippen LogP contribution is 2.20. The minimum atomic E-state index is -3.84. The van der Waals surface area contributed by atoms with E-state index in [4.69, 9.17) is 4.74 Å². The van der Waals surface area contributed by atoms with Gasteiger partial charge in [0, 0.05) is 11.1 Å². The summed E-state index contributed by atoms with van der Waals surface area (Å²) in [5.41, 5.74) is 2.49. The van der Waals surface area contributed by atoms with Gasteiger partial charge in [0.05, 0.1) is 11.4 Å². The zero-order valence-electron chi connectivity index (χ0n) is 18.0. The first-order valence-corrected chi connectivity index (χ1v) is 11.7. The van der Waals surface area contributed by atoms with Gasteiger partial charge in [0.2, 0.25) is 10.0 Å². The zero-order chi connectivity index (χ0) is 24.2. The number of nitrogens with zero attached hydrogens (tertiary/aromatic N) is 2. The van der Waals surface area contributed by atoms with Crippen LogP contribution in [-0.4, -0.2) is 33.4 Å². The van der Waals surface area contributed by atoms with Crippen LogP contribution >= 0.6 is 0 Å². The van der Waals surface area contributed by atoms with Crippen LogP contribution in [0.5, 0.6) is 0 Å². The molecule has 0 saturated heterocycles. The van der Waals surface area contributed by atoms with Crippen molar-refractivity contribution in [3.8, 4) is 0 Å². The number of rotatable bonds is 10. The number of anilines is 1. The van der Waals surface area contributed by atoms with Crippen molar-refractivity contribution in [3.63, 3.8) is 0 Å². The Bertz CT molecular complexity index is 1260. The maximum atomic E-state index is 12.0. The van der Waals surface area contributed by atoms with Crippen molar-refractivity contribution in [3.05, 3.63) is 95.9 Å². The molecule has 3 aromatic carbocycles. The van der Waals surface area contributed by atoms with E-state index >= 15 is 0 Å².